The largest absolute Gasteiger partial charge is 0.486 e. The van der Waals surface area contributed by atoms with Crippen molar-refractivity contribution in [1.29, 1.82) is 0 Å². The van der Waals surface area contributed by atoms with Crippen LogP contribution in [0.15, 0.2) is 64.4 Å². The van der Waals surface area contributed by atoms with Gasteiger partial charge in [0.25, 0.3) is 0 Å². The second-order valence-electron chi connectivity index (χ2n) is 9.38. The minimum Gasteiger partial charge on any atom is -0.486 e. The lowest BCUT2D eigenvalue weighted by atomic mass is 9.88. The first-order valence-corrected chi connectivity index (χ1v) is 14.1. The molecule has 0 bridgehead atoms. The molecular formula is C26H27N4O2Si+. The van der Waals surface area contributed by atoms with Gasteiger partial charge in [-0.15, -0.1) is 0 Å². The minimum atomic E-state index is -1.98. The van der Waals surface area contributed by atoms with E-state index in [4.69, 9.17) is 15.0 Å². The predicted octanol–water partition coefficient (Wildman–Crippen LogP) is 5.19. The number of hydrogen-bond acceptors (Lipinski definition) is 3. The summed E-state index contributed by atoms with van der Waals surface area (Å²) < 4.78 is 14.2. The van der Waals surface area contributed by atoms with Gasteiger partial charge in [-0.3, -0.25) is 0 Å². The van der Waals surface area contributed by atoms with Crippen LogP contribution in [0.25, 0.3) is 16.0 Å². The maximum absolute atomic E-state index is 9.10. The van der Waals surface area contributed by atoms with E-state index in [2.05, 4.69) is 85.1 Å². The molecule has 0 atom stereocenters. The summed E-state index contributed by atoms with van der Waals surface area (Å²) in [6.07, 6.45) is 6.74. The molecule has 5 rings (SSSR count). The molecule has 0 radical (unpaired) electrons. The van der Waals surface area contributed by atoms with Crippen molar-refractivity contribution in [3.05, 3.63) is 86.5 Å². The number of benzene rings is 2. The number of fused-ring (bicyclic) bond motifs is 3. The summed E-state index contributed by atoms with van der Waals surface area (Å²) in [5, 5.41) is 6.69. The summed E-state index contributed by atoms with van der Waals surface area (Å²) in [6.45, 7) is 7.95. The Balaban J connectivity index is 1.90. The van der Waals surface area contributed by atoms with Gasteiger partial charge in [0.1, 0.15) is 35.4 Å². The molecule has 2 aromatic rings. The Kier molecular flexibility index (Phi) is 5.03. The number of allylic oxidation sites excluding steroid dienone is 5. The SMILES string of the molecule is Cc1ccc2c(c1)[Si](C)(C)C1=CC(=[N+](C)C)C=CC1=C2c1cc(N=[N+]=[N-])cc2c1OCCO2. The second-order valence-corrected chi connectivity index (χ2v) is 13.7. The predicted molar refractivity (Wildman–Crippen MR) is 135 cm³/mol. The molecule has 166 valence electrons. The molecule has 3 aliphatic rings. The number of hydrogen-bond donors (Lipinski definition) is 0. The van der Waals surface area contributed by atoms with Crippen LogP contribution < -0.4 is 14.7 Å². The normalized spacial score (nSPS) is 17.6. The summed E-state index contributed by atoms with van der Waals surface area (Å²) in [5.41, 5.74) is 16.5. The number of ether oxygens (including phenoxy) is 2. The molecule has 6 nitrogen and oxygen atoms in total. The molecule has 0 unspecified atom stereocenters. The summed E-state index contributed by atoms with van der Waals surface area (Å²) in [6, 6.07) is 10.4. The highest BCUT2D eigenvalue weighted by Gasteiger charge is 2.41. The Labute approximate surface area is 194 Å². The van der Waals surface area contributed by atoms with Gasteiger partial charge < -0.3 is 9.47 Å². The molecule has 0 saturated heterocycles. The maximum Gasteiger partial charge on any atom is 0.199 e. The molecule has 0 aromatic heterocycles. The lowest BCUT2D eigenvalue weighted by Crippen LogP contribution is -2.49. The van der Waals surface area contributed by atoms with Gasteiger partial charge in [0.15, 0.2) is 17.2 Å². The van der Waals surface area contributed by atoms with Crippen LogP contribution in [-0.2, 0) is 0 Å². The zero-order valence-electron chi connectivity index (χ0n) is 19.6. The maximum atomic E-state index is 9.10. The molecule has 0 N–H and O–H groups in total. The van der Waals surface area contributed by atoms with Crippen molar-refractivity contribution in [3.8, 4) is 11.5 Å². The quantitative estimate of drug-likeness (QED) is 0.206. The van der Waals surface area contributed by atoms with E-state index in [1.54, 1.807) is 6.07 Å². The molecule has 2 aliphatic heterocycles. The molecule has 7 heteroatoms. The fraction of sp³-hybridized carbons (Fsp3) is 0.269. The zero-order valence-corrected chi connectivity index (χ0v) is 20.6. The fourth-order valence-electron chi connectivity index (χ4n) is 4.95. The van der Waals surface area contributed by atoms with Crippen molar-refractivity contribution in [2.75, 3.05) is 27.3 Å². The van der Waals surface area contributed by atoms with Crippen molar-refractivity contribution >= 4 is 30.2 Å². The summed E-state index contributed by atoms with van der Waals surface area (Å²) in [5.74, 6) is 1.33. The lowest BCUT2D eigenvalue weighted by Gasteiger charge is -2.38. The van der Waals surface area contributed by atoms with Gasteiger partial charge in [-0.25, -0.2) is 4.58 Å². The van der Waals surface area contributed by atoms with E-state index in [1.165, 1.54) is 32.8 Å². The lowest BCUT2D eigenvalue weighted by molar-refractivity contribution is -0.462. The minimum absolute atomic E-state index is 0.472. The smallest absolute Gasteiger partial charge is 0.199 e. The Morgan fingerprint density at radius 2 is 1.82 bits per heavy atom. The van der Waals surface area contributed by atoms with Crippen LogP contribution in [0.3, 0.4) is 0 Å². The van der Waals surface area contributed by atoms with Crippen LogP contribution in [0.2, 0.25) is 13.1 Å². The Morgan fingerprint density at radius 1 is 1.03 bits per heavy atom. The summed E-state index contributed by atoms with van der Waals surface area (Å²) >= 11 is 0. The van der Waals surface area contributed by atoms with Gasteiger partial charge in [0.05, 0.1) is 0 Å². The Morgan fingerprint density at radius 3 is 2.58 bits per heavy atom. The monoisotopic (exact) mass is 455 g/mol. The molecule has 1 aliphatic carbocycles. The van der Waals surface area contributed by atoms with Gasteiger partial charge in [-0.05, 0) is 57.8 Å². The van der Waals surface area contributed by atoms with E-state index < -0.39 is 8.07 Å². The highest BCUT2D eigenvalue weighted by Crippen LogP contribution is 2.48. The van der Waals surface area contributed by atoms with Crippen LogP contribution in [-0.4, -0.2) is 45.7 Å². The van der Waals surface area contributed by atoms with E-state index in [0.29, 0.717) is 30.4 Å². The molecule has 2 aromatic carbocycles. The van der Waals surface area contributed by atoms with Crippen LogP contribution in [0, 0.1) is 6.92 Å². The van der Waals surface area contributed by atoms with Crippen LogP contribution in [0.5, 0.6) is 11.5 Å². The third-order valence-electron chi connectivity index (χ3n) is 6.64. The summed E-state index contributed by atoms with van der Waals surface area (Å²) in [7, 11) is 2.17. The number of nitrogens with zero attached hydrogens (tertiary/aromatic N) is 4. The summed E-state index contributed by atoms with van der Waals surface area (Å²) in [4.78, 5) is 3.02. The van der Waals surface area contributed by atoms with E-state index >= 15 is 0 Å². The molecule has 0 fully saturated rings. The second kappa shape index (κ2) is 7.80. The van der Waals surface area contributed by atoms with Gasteiger partial charge in [-0.1, -0.05) is 42.0 Å². The van der Waals surface area contributed by atoms with E-state index in [-0.39, 0.29) is 0 Å². The molecule has 0 spiro atoms. The van der Waals surface area contributed by atoms with Gasteiger partial charge in [0, 0.05) is 28.3 Å². The third kappa shape index (κ3) is 3.41. The van der Waals surface area contributed by atoms with Gasteiger partial charge >= 0.3 is 0 Å². The molecule has 33 heavy (non-hydrogen) atoms. The average molecular weight is 456 g/mol. The van der Waals surface area contributed by atoms with Crippen LogP contribution >= 0.6 is 0 Å². The first kappa shape index (κ1) is 21.3. The number of rotatable bonds is 2. The number of aryl methyl sites for hydroxylation is 1. The van der Waals surface area contributed by atoms with E-state index in [9.17, 15) is 0 Å². The van der Waals surface area contributed by atoms with Crippen molar-refractivity contribution in [2.24, 2.45) is 5.11 Å². The van der Waals surface area contributed by atoms with Gasteiger partial charge in [0.2, 0.25) is 0 Å². The van der Waals surface area contributed by atoms with Crippen molar-refractivity contribution in [1.82, 2.24) is 0 Å². The topological polar surface area (TPSA) is 70.2 Å². The highest BCUT2D eigenvalue weighted by molar-refractivity contribution is 6.98. The first-order chi connectivity index (χ1) is 15.8. The molecule has 0 amide bonds. The van der Waals surface area contributed by atoms with Crippen LogP contribution in [0.1, 0.15) is 16.7 Å². The highest BCUT2D eigenvalue weighted by atomic mass is 28.3. The number of azide groups is 1. The Bertz CT molecular complexity index is 1370. The Hall–Kier alpha value is -3.54. The average Bonchev–Trinajstić information content (AvgIpc) is 2.79. The van der Waals surface area contributed by atoms with E-state index in [1.807, 2.05) is 6.07 Å². The fourth-order valence-corrected chi connectivity index (χ4v) is 8.10. The van der Waals surface area contributed by atoms with Crippen molar-refractivity contribution < 1.29 is 14.0 Å². The third-order valence-corrected chi connectivity index (χ3v) is 10.2. The van der Waals surface area contributed by atoms with Crippen LogP contribution in [0.4, 0.5) is 5.69 Å². The van der Waals surface area contributed by atoms with Crippen molar-refractivity contribution in [3.63, 3.8) is 0 Å². The molecular weight excluding hydrogens is 428 g/mol. The zero-order chi connectivity index (χ0) is 23.3. The molecule has 0 saturated carbocycles. The van der Waals surface area contributed by atoms with E-state index in [0.717, 1.165) is 11.1 Å². The first-order valence-electron chi connectivity index (χ1n) is 11.1. The van der Waals surface area contributed by atoms with Gasteiger partial charge in [-0.2, -0.15) is 0 Å². The molecule has 2 heterocycles. The standard InChI is InChI=1S/C26H27N4O2Si/c1-16-6-8-19-23(12-16)33(4,5)24-15-18(30(2)3)7-9-20(24)25(19)21-13-17(28-29-27)14-22-26(21)32-11-10-31-22/h6-9,12-15H,10-11H2,1-5H3/q+1. The van der Waals surface area contributed by atoms with Crippen molar-refractivity contribution in [2.45, 2.75) is 20.0 Å².